The lowest BCUT2D eigenvalue weighted by Crippen LogP contribution is -2.39. The number of hydrogen-bond acceptors (Lipinski definition) is 5. The second kappa shape index (κ2) is 6.64. The fourth-order valence-electron chi connectivity index (χ4n) is 2.80. The van der Waals surface area contributed by atoms with Gasteiger partial charge in [0.15, 0.2) is 0 Å². The largest absolute Gasteiger partial charge is 0.497 e. The molecular weight excluding hydrogens is 276 g/mol. The standard InChI is InChI=1S/C17H22N4O/c1-13-11-18-12-17(19-13)21-8-6-14(7-9-21)20-15-4-3-5-16(10-15)22-2/h3-5,10-12,14,20H,6-9H2,1-2H3. The molecule has 0 radical (unpaired) electrons. The number of aryl methyl sites for hydroxylation is 1. The van der Waals surface area contributed by atoms with E-state index in [4.69, 9.17) is 4.74 Å². The number of nitrogens with one attached hydrogen (secondary N) is 1. The van der Waals surface area contributed by atoms with Crippen molar-refractivity contribution in [3.8, 4) is 5.75 Å². The molecule has 1 aromatic carbocycles. The van der Waals surface area contributed by atoms with Crippen LogP contribution < -0.4 is 15.0 Å². The van der Waals surface area contributed by atoms with Gasteiger partial charge in [-0.05, 0) is 31.9 Å². The summed E-state index contributed by atoms with van der Waals surface area (Å²) in [7, 11) is 1.69. The number of benzene rings is 1. The highest BCUT2D eigenvalue weighted by Gasteiger charge is 2.20. The summed E-state index contributed by atoms with van der Waals surface area (Å²) in [4.78, 5) is 11.1. The van der Waals surface area contributed by atoms with E-state index in [1.54, 1.807) is 13.3 Å². The van der Waals surface area contributed by atoms with Crippen molar-refractivity contribution in [2.24, 2.45) is 0 Å². The monoisotopic (exact) mass is 298 g/mol. The highest BCUT2D eigenvalue weighted by molar-refractivity contribution is 5.49. The van der Waals surface area contributed by atoms with Crippen LogP contribution in [0, 0.1) is 6.92 Å². The van der Waals surface area contributed by atoms with Crippen molar-refractivity contribution in [2.45, 2.75) is 25.8 Å². The number of piperidine rings is 1. The third kappa shape index (κ3) is 3.47. The minimum Gasteiger partial charge on any atom is -0.497 e. The lowest BCUT2D eigenvalue weighted by atomic mass is 10.0. The first-order valence-electron chi connectivity index (χ1n) is 7.69. The maximum Gasteiger partial charge on any atom is 0.147 e. The Labute approximate surface area is 131 Å². The van der Waals surface area contributed by atoms with Gasteiger partial charge in [-0.25, -0.2) is 4.98 Å². The van der Waals surface area contributed by atoms with Gasteiger partial charge >= 0.3 is 0 Å². The van der Waals surface area contributed by atoms with E-state index < -0.39 is 0 Å². The molecule has 0 bridgehead atoms. The van der Waals surface area contributed by atoms with Crippen LogP contribution in [0.4, 0.5) is 11.5 Å². The molecule has 2 aromatic rings. The van der Waals surface area contributed by atoms with Gasteiger partial charge in [0.1, 0.15) is 11.6 Å². The number of hydrogen-bond donors (Lipinski definition) is 1. The van der Waals surface area contributed by atoms with Crippen LogP contribution in [-0.2, 0) is 0 Å². The number of rotatable bonds is 4. The zero-order valence-corrected chi connectivity index (χ0v) is 13.1. The van der Waals surface area contributed by atoms with Gasteiger partial charge < -0.3 is 15.0 Å². The molecule has 22 heavy (non-hydrogen) atoms. The molecule has 1 aromatic heterocycles. The summed E-state index contributed by atoms with van der Waals surface area (Å²) >= 11 is 0. The molecule has 2 heterocycles. The summed E-state index contributed by atoms with van der Waals surface area (Å²) in [6.07, 6.45) is 5.82. The van der Waals surface area contributed by atoms with Crippen molar-refractivity contribution in [3.05, 3.63) is 42.4 Å². The highest BCUT2D eigenvalue weighted by Crippen LogP contribution is 2.22. The van der Waals surface area contributed by atoms with Gasteiger partial charge in [0.2, 0.25) is 0 Å². The first kappa shape index (κ1) is 14.6. The second-order valence-corrected chi connectivity index (χ2v) is 5.66. The smallest absolute Gasteiger partial charge is 0.147 e. The summed E-state index contributed by atoms with van der Waals surface area (Å²) in [5, 5.41) is 3.60. The molecule has 1 aliphatic rings. The molecule has 5 heteroatoms. The number of anilines is 2. The summed E-state index contributed by atoms with van der Waals surface area (Å²) in [6.45, 7) is 3.98. The van der Waals surface area contributed by atoms with E-state index >= 15 is 0 Å². The molecule has 5 nitrogen and oxygen atoms in total. The van der Waals surface area contributed by atoms with E-state index in [2.05, 4.69) is 26.3 Å². The van der Waals surface area contributed by atoms with Gasteiger partial charge in [0.05, 0.1) is 19.0 Å². The van der Waals surface area contributed by atoms with Crippen molar-refractivity contribution in [3.63, 3.8) is 0 Å². The lowest BCUT2D eigenvalue weighted by Gasteiger charge is -2.33. The van der Waals surface area contributed by atoms with Crippen molar-refractivity contribution in [1.82, 2.24) is 9.97 Å². The minimum atomic E-state index is 0.487. The maximum atomic E-state index is 5.27. The molecule has 0 amide bonds. The molecule has 0 atom stereocenters. The SMILES string of the molecule is COc1cccc(NC2CCN(c3cncc(C)n3)CC2)c1. The Morgan fingerprint density at radius 3 is 2.77 bits per heavy atom. The van der Waals surface area contributed by atoms with Crippen LogP contribution in [0.3, 0.4) is 0 Å². The van der Waals surface area contributed by atoms with Crippen LogP contribution in [0.5, 0.6) is 5.75 Å². The molecule has 0 unspecified atom stereocenters. The quantitative estimate of drug-likeness (QED) is 0.940. The van der Waals surface area contributed by atoms with E-state index in [9.17, 15) is 0 Å². The number of methoxy groups -OCH3 is 1. The van der Waals surface area contributed by atoms with Gasteiger partial charge in [0.25, 0.3) is 0 Å². The van der Waals surface area contributed by atoms with Crippen LogP contribution >= 0.6 is 0 Å². The fourth-order valence-corrected chi connectivity index (χ4v) is 2.80. The molecule has 1 saturated heterocycles. The molecule has 1 aliphatic heterocycles. The summed E-state index contributed by atoms with van der Waals surface area (Å²) in [5.74, 6) is 1.87. The van der Waals surface area contributed by atoms with Crippen molar-refractivity contribution in [1.29, 1.82) is 0 Å². The molecule has 3 rings (SSSR count). The highest BCUT2D eigenvalue weighted by atomic mass is 16.5. The van der Waals surface area contributed by atoms with Crippen LogP contribution in [0.2, 0.25) is 0 Å². The Morgan fingerprint density at radius 2 is 2.05 bits per heavy atom. The molecule has 1 fully saturated rings. The summed E-state index contributed by atoms with van der Waals surface area (Å²) in [6, 6.07) is 8.59. The van der Waals surface area contributed by atoms with E-state index in [0.717, 1.165) is 48.9 Å². The van der Waals surface area contributed by atoms with Crippen LogP contribution in [0.15, 0.2) is 36.7 Å². The zero-order chi connectivity index (χ0) is 15.4. The Hall–Kier alpha value is -2.30. The third-order valence-corrected chi connectivity index (χ3v) is 4.00. The number of aromatic nitrogens is 2. The van der Waals surface area contributed by atoms with E-state index in [-0.39, 0.29) is 0 Å². The molecule has 0 aliphatic carbocycles. The fraction of sp³-hybridized carbons (Fsp3) is 0.412. The van der Waals surface area contributed by atoms with Gasteiger partial charge in [-0.15, -0.1) is 0 Å². The third-order valence-electron chi connectivity index (χ3n) is 4.00. The van der Waals surface area contributed by atoms with Gasteiger partial charge in [0, 0.05) is 37.1 Å². The molecular formula is C17H22N4O. The Balaban J connectivity index is 1.57. The Morgan fingerprint density at radius 1 is 1.23 bits per heavy atom. The van der Waals surface area contributed by atoms with Gasteiger partial charge in [-0.1, -0.05) is 6.07 Å². The van der Waals surface area contributed by atoms with Crippen molar-refractivity contribution >= 4 is 11.5 Å². The maximum absolute atomic E-state index is 5.27. The zero-order valence-electron chi connectivity index (χ0n) is 13.1. The summed E-state index contributed by atoms with van der Waals surface area (Å²) < 4.78 is 5.27. The molecule has 0 spiro atoms. The Bertz CT molecular complexity index is 624. The minimum absolute atomic E-state index is 0.487. The van der Waals surface area contributed by atoms with Gasteiger partial charge in [-0.3, -0.25) is 4.98 Å². The van der Waals surface area contributed by atoms with Gasteiger partial charge in [-0.2, -0.15) is 0 Å². The number of nitrogens with zero attached hydrogens (tertiary/aromatic N) is 3. The predicted octanol–water partition coefficient (Wildman–Crippen LogP) is 2.87. The normalized spacial score (nSPS) is 15.6. The van der Waals surface area contributed by atoms with E-state index in [0.29, 0.717) is 6.04 Å². The molecule has 116 valence electrons. The Kier molecular flexibility index (Phi) is 4.42. The van der Waals surface area contributed by atoms with Crippen molar-refractivity contribution < 1.29 is 4.74 Å². The van der Waals surface area contributed by atoms with Crippen molar-refractivity contribution in [2.75, 3.05) is 30.4 Å². The van der Waals surface area contributed by atoms with E-state index in [1.807, 2.05) is 31.3 Å². The van der Waals surface area contributed by atoms with E-state index in [1.165, 1.54) is 0 Å². The molecule has 1 N–H and O–H groups in total. The summed E-state index contributed by atoms with van der Waals surface area (Å²) in [5.41, 5.74) is 2.09. The molecule has 0 saturated carbocycles. The lowest BCUT2D eigenvalue weighted by molar-refractivity contribution is 0.415. The average molecular weight is 298 g/mol. The number of ether oxygens (including phenoxy) is 1. The topological polar surface area (TPSA) is 50.3 Å². The van der Waals surface area contributed by atoms with Crippen LogP contribution in [0.25, 0.3) is 0 Å². The first-order chi connectivity index (χ1) is 10.7. The van der Waals surface area contributed by atoms with Crippen LogP contribution in [0.1, 0.15) is 18.5 Å². The first-order valence-corrected chi connectivity index (χ1v) is 7.69. The average Bonchev–Trinajstić information content (AvgIpc) is 2.56. The second-order valence-electron chi connectivity index (χ2n) is 5.66. The van der Waals surface area contributed by atoms with Crippen LogP contribution in [-0.4, -0.2) is 36.2 Å². The predicted molar refractivity (Wildman–Crippen MR) is 88.6 cm³/mol.